The summed E-state index contributed by atoms with van der Waals surface area (Å²) in [7, 11) is 0. The first-order valence-electron chi connectivity index (χ1n) is 10.7. The van der Waals surface area contributed by atoms with Crippen molar-refractivity contribution in [2.75, 3.05) is 31.6 Å². The topological polar surface area (TPSA) is 98.9 Å². The van der Waals surface area contributed by atoms with E-state index in [2.05, 4.69) is 30.4 Å². The highest BCUT2D eigenvalue weighted by molar-refractivity contribution is 6.05. The molecule has 5 rings (SSSR count). The number of halogens is 3. The molecular formula is C23H21F3N6O2. The van der Waals surface area contributed by atoms with Crippen LogP contribution in [0.15, 0.2) is 48.7 Å². The number of aromatic amines is 2. The quantitative estimate of drug-likeness (QED) is 0.409. The Morgan fingerprint density at radius 2 is 1.88 bits per heavy atom. The van der Waals surface area contributed by atoms with Crippen LogP contribution in [0.1, 0.15) is 21.5 Å². The first-order chi connectivity index (χ1) is 16.4. The SMILES string of the molecule is O=C(Nc1c[nH]nc1-c1nc2cc(CN3CCOCC3)ccc2[nH]1)c1ccc(C(F)(F)F)cc1. The van der Waals surface area contributed by atoms with Gasteiger partial charge in [-0.1, -0.05) is 6.07 Å². The molecule has 1 fully saturated rings. The van der Waals surface area contributed by atoms with Crippen LogP contribution in [0.3, 0.4) is 0 Å². The van der Waals surface area contributed by atoms with Gasteiger partial charge in [-0.25, -0.2) is 4.98 Å². The number of hydrogen-bond donors (Lipinski definition) is 3. The molecule has 0 spiro atoms. The van der Waals surface area contributed by atoms with E-state index in [-0.39, 0.29) is 5.56 Å². The van der Waals surface area contributed by atoms with Gasteiger partial charge in [0, 0.05) is 31.4 Å². The third kappa shape index (κ3) is 4.66. The average Bonchev–Trinajstić information content (AvgIpc) is 3.45. The molecule has 2 aromatic carbocycles. The number of carbonyl (C=O) groups excluding carboxylic acids is 1. The molecule has 176 valence electrons. The Kier molecular flexibility index (Phi) is 5.80. The molecule has 0 unspecified atom stereocenters. The minimum atomic E-state index is -4.46. The number of benzene rings is 2. The van der Waals surface area contributed by atoms with Crippen LogP contribution in [0.25, 0.3) is 22.6 Å². The number of aromatic nitrogens is 4. The lowest BCUT2D eigenvalue weighted by atomic mass is 10.1. The van der Waals surface area contributed by atoms with Gasteiger partial charge < -0.3 is 15.0 Å². The summed E-state index contributed by atoms with van der Waals surface area (Å²) < 4.78 is 43.7. The molecule has 11 heteroatoms. The lowest BCUT2D eigenvalue weighted by molar-refractivity contribution is -0.137. The van der Waals surface area contributed by atoms with Gasteiger partial charge in [0.15, 0.2) is 11.5 Å². The number of morpholine rings is 1. The fourth-order valence-corrected chi connectivity index (χ4v) is 3.85. The Labute approximate surface area is 192 Å². The highest BCUT2D eigenvalue weighted by Crippen LogP contribution is 2.30. The Morgan fingerprint density at radius 1 is 1.12 bits per heavy atom. The molecule has 0 saturated carbocycles. The molecule has 34 heavy (non-hydrogen) atoms. The van der Waals surface area contributed by atoms with Crippen LogP contribution in [0.2, 0.25) is 0 Å². The zero-order chi connectivity index (χ0) is 23.7. The molecule has 2 aromatic heterocycles. The van der Waals surface area contributed by atoms with Gasteiger partial charge in [0.25, 0.3) is 5.91 Å². The maximum absolute atomic E-state index is 12.8. The maximum atomic E-state index is 12.8. The van der Waals surface area contributed by atoms with Crippen LogP contribution in [0, 0.1) is 0 Å². The van der Waals surface area contributed by atoms with Crippen molar-refractivity contribution in [2.24, 2.45) is 0 Å². The average molecular weight is 470 g/mol. The van der Waals surface area contributed by atoms with E-state index in [0.717, 1.165) is 73.7 Å². The van der Waals surface area contributed by atoms with Crippen molar-refractivity contribution in [2.45, 2.75) is 12.7 Å². The van der Waals surface area contributed by atoms with Crippen molar-refractivity contribution in [1.29, 1.82) is 0 Å². The number of nitrogens with zero attached hydrogens (tertiary/aromatic N) is 3. The fraction of sp³-hybridized carbons (Fsp3) is 0.261. The Bertz CT molecular complexity index is 1310. The molecule has 4 aromatic rings. The molecule has 0 bridgehead atoms. The highest BCUT2D eigenvalue weighted by Gasteiger charge is 2.30. The lowest BCUT2D eigenvalue weighted by Crippen LogP contribution is -2.35. The van der Waals surface area contributed by atoms with Gasteiger partial charge in [-0.3, -0.25) is 14.8 Å². The second-order valence-electron chi connectivity index (χ2n) is 8.00. The van der Waals surface area contributed by atoms with Crippen LogP contribution in [0.4, 0.5) is 18.9 Å². The van der Waals surface area contributed by atoms with Gasteiger partial charge in [-0.2, -0.15) is 18.3 Å². The molecule has 0 radical (unpaired) electrons. The van der Waals surface area contributed by atoms with Crippen molar-refractivity contribution in [3.05, 3.63) is 65.4 Å². The predicted molar refractivity (Wildman–Crippen MR) is 119 cm³/mol. The Balaban J connectivity index is 1.33. The van der Waals surface area contributed by atoms with Gasteiger partial charge in [0.2, 0.25) is 0 Å². The third-order valence-electron chi connectivity index (χ3n) is 5.64. The molecule has 1 amide bonds. The maximum Gasteiger partial charge on any atom is 0.416 e. The second kappa shape index (κ2) is 8.92. The fourth-order valence-electron chi connectivity index (χ4n) is 3.85. The van der Waals surface area contributed by atoms with Crippen LogP contribution >= 0.6 is 0 Å². The molecule has 0 atom stereocenters. The lowest BCUT2D eigenvalue weighted by Gasteiger charge is -2.26. The summed E-state index contributed by atoms with van der Waals surface area (Å²) in [5.74, 6) is -0.0947. The number of alkyl halides is 3. The number of imidazole rings is 1. The third-order valence-corrected chi connectivity index (χ3v) is 5.64. The molecule has 1 aliphatic heterocycles. The van der Waals surface area contributed by atoms with Crippen molar-refractivity contribution < 1.29 is 22.7 Å². The zero-order valence-electron chi connectivity index (χ0n) is 17.9. The van der Waals surface area contributed by atoms with E-state index in [1.807, 2.05) is 18.2 Å². The van der Waals surface area contributed by atoms with Gasteiger partial charge in [0.1, 0.15) is 0 Å². The van der Waals surface area contributed by atoms with Crippen LogP contribution in [-0.2, 0) is 17.5 Å². The van der Waals surface area contributed by atoms with Gasteiger partial charge in [-0.15, -0.1) is 0 Å². The van der Waals surface area contributed by atoms with Crippen molar-refractivity contribution >= 4 is 22.6 Å². The summed E-state index contributed by atoms with van der Waals surface area (Å²) in [5, 5.41) is 9.57. The second-order valence-corrected chi connectivity index (χ2v) is 8.00. The van der Waals surface area contributed by atoms with E-state index in [4.69, 9.17) is 4.74 Å². The van der Waals surface area contributed by atoms with E-state index in [9.17, 15) is 18.0 Å². The summed E-state index contributed by atoms with van der Waals surface area (Å²) >= 11 is 0. The van der Waals surface area contributed by atoms with E-state index >= 15 is 0 Å². The van der Waals surface area contributed by atoms with E-state index < -0.39 is 17.6 Å². The number of rotatable bonds is 5. The monoisotopic (exact) mass is 470 g/mol. The van der Waals surface area contributed by atoms with Gasteiger partial charge in [-0.05, 0) is 42.0 Å². The van der Waals surface area contributed by atoms with Crippen molar-refractivity contribution in [3.8, 4) is 11.5 Å². The predicted octanol–water partition coefficient (Wildman–Crippen LogP) is 4.06. The number of amides is 1. The summed E-state index contributed by atoms with van der Waals surface area (Å²) in [4.78, 5) is 22.7. The normalized spacial score (nSPS) is 15.0. The van der Waals surface area contributed by atoms with E-state index in [1.165, 1.54) is 6.20 Å². The number of hydrogen-bond acceptors (Lipinski definition) is 5. The van der Waals surface area contributed by atoms with Gasteiger partial charge in [0.05, 0.1) is 35.5 Å². The number of carbonyl (C=O) groups is 1. The smallest absolute Gasteiger partial charge is 0.379 e. The Morgan fingerprint density at radius 3 is 2.62 bits per heavy atom. The van der Waals surface area contributed by atoms with Crippen molar-refractivity contribution in [1.82, 2.24) is 25.1 Å². The molecule has 8 nitrogen and oxygen atoms in total. The molecule has 1 saturated heterocycles. The van der Waals surface area contributed by atoms with E-state index in [0.29, 0.717) is 17.2 Å². The number of nitrogens with one attached hydrogen (secondary N) is 3. The standard InChI is InChI=1S/C23H21F3N6O2/c24-23(25,26)16-4-2-15(3-5-16)22(33)30-19-12-27-31-20(19)21-28-17-6-1-14(11-18(17)29-21)13-32-7-9-34-10-8-32/h1-6,11-12H,7-10,13H2,(H,27,31)(H,28,29)(H,30,33). The van der Waals surface area contributed by atoms with Crippen molar-refractivity contribution in [3.63, 3.8) is 0 Å². The highest BCUT2D eigenvalue weighted by atomic mass is 19.4. The summed E-state index contributed by atoms with van der Waals surface area (Å²) in [6, 6.07) is 10.0. The number of anilines is 1. The summed E-state index contributed by atoms with van der Waals surface area (Å²) in [5.41, 5.74) is 2.75. The van der Waals surface area contributed by atoms with Crippen LogP contribution in [-0.4, -0.2) is 57.3 Å². The zero-order valence-corrected chi connectivity index (χ0v) is 17.9. The largest absolute Gasteiger partial charge is 0.416 e. The number of fused-ring (bicyclic) bond motifs is 1. The van der Waals surface area contributed by atoms with Gasteiger partial charge >= 0.3 is 6.18 Å². The Hall–Kier alpha value is -3.70. The minimum absolute atomic E-state index is 0.0949. The summed E-state index contributed by atoms with van der Waals surface area (Å²) in [6.45, 7) is 4.04. The molecule has 0 aliphatic carbocycles. The molecule has 1 aliphatic rings. The van der Waals surface area contributed by atoms with Crippen LogP contribution < -0.4 is 5.32 Å². The molecular weight excluding hydrogens is 449 g/mol. The van der Waals surface area contributed by atoms with E-state index in [1.54, 1.807) is 0 Å². The first kappa shape index (κ1) is 22.1. The number of ether oxygens (including phenoxy) is 1. The summed E-state index contributed by atoms with van der Waals surface area (Å²) in [6.07, 6.45) is -2.97. The number of H-pyrrole nitrogens is 2. The van der Waals surface area contributed by atoms with Crippen LogP contribution in [0.5, 0.6) is 0 Å². The molecule has 3 heterocycles. The minimum Gasteiger partial charge on any atom is -0.379 e. The molecule has 3 N–H and O–H groups in total. The first-order valence-corrected chi connectivity index (χ1v) is 10.7.